The number of aromatic nitrogens is 2. The molecule has 2 heterocycles. The summed E-state index contributed by atoms with van der Waals surface area (Å²) in [6.07, 6.45) is 0. The second kappa shape index (κ2) is 6.88. The molecule has 0 saturated heterocycles. The third kappa shape index (κ3) is 3.08. The molecule has 1 amide bonds. The number of hydrogen-bond donors (Lipinski definition) is 1. The van der Waals surface area contributed by atoms with E-state index in [1.807, 2.05) is 71.9 Å². The molecule has 1 aliphatic heterocycles. The van der Waals surface area contributed by atoms with Crippen LogP contribution in [0.5, 0.6) is 5.75 Å². The molecule has 0 aliphatic carbocycles. The predicted octanol–water partition coefficient (Wildman–Crippen LogP) is 4.19. The lowest BCUT2D eigenvalue weighted by atomic mass is 10.1. The predicted molar refractivity (Wildman–Crippen MR) is 104 cm³/mol. The molecule has 0 unspecified atom stereocenters. The molecule has 0 bridgehead atoms. The van der Waals surface area contributed by atoms with Gasteiger partial charge in [0.25, 0.3) is 5.91 Å². The van der Waals surface area contributed by atoms with Crippen molar-refractivity contribution in [1.29, 1.82) is 0 Å². The zero-order chi connectivity index (χ0) is 18.1. The van der Waals surface area contributed by atoms with Crippen molar-refractivity contribution in [1.82, 2.24) is 9.78 Å². The average Bonchev–Trinajstić information content (AvgIpc) is 3.24. The summed E-state index contributed by atoms with van der Waals surface area (Å²) in [5.41, 5.74) is 4.73. The summed E-state index contributed by atoms with van der Waals surface area (Å²) in [6, 6.07) is 15.3. The summed E-state index contributed by atoms with van der Waals surface area (Å²) in [7, 11) is 1.64. The average molecular weight is 365 g/mol. The van der Waals surface area contributed by atoms with Crippen LogP contribution in [-0.4, -0.2) is 22.8 Å². The normalized spacial score (nSPS) is 12.7. The van der Waals surface area contributed by atoms with Crippen molar-refractivity contribution < 1.29 is 9.53 Å². The Morgan fingerprint density at radius 1 is 1.19 bits per heavy atom. The van der Waals surface area contributed by atoms with Gasteiger partial charge >= 0.3 is 0 Å². The van der Waals surface area contributed by atoms with Crippen LogP contribution in [0.25, 0.3) is 5.69 Å². The number of hydrogen-bond acceptors (Lipinski definition) is 4. The van der Waals surface area contributed by atoms with Gasteiger partial charge in [-0.3, -0.25) is 4.79 Å². The highest BCUT2D eigenvalue weighted by Crippen LogP contribution is 2.36. The van der Waals surface area contributed by atoms with E-state index in [4.69, 9.17) is 9.84 Å². The van der Waals surface area contributed by atoms with Gasteiger partial charge in [-0.25, -0.2) is 4.68 Å². The number of ether oxygens (including phenoxy) is 1. The highest BCUT2D eigenvalue weighted by molar-refractivity contribution is 7.98. The van der Waals surface area contributed by atoms with Gasteiger partial charge in [0.1, 0.15) is 11.6 Å². The molecule has 132 valence electrons. The molecule has 2 aromatic carbocycles. The van der Waals surface area contributed by atoms with E-state index in [-0.39, 0.29) is 5.91 Å². The number of anilines is 1. The van der Waals surface area contributed by atoms with Gasteiger partial charge in [-0.15, -0.1) is 0 Å². The van der Waals surface area contributed by atoms with Crippen molar-refractivity contribution >= 4 is 23.5 Å². The first kappa shape index (κ1) is 16.7. The lowest BCUT2D eigenvalue weighted by Gasteiger charge is -2.12. The maximum absolute atomic E-state index is 12.8. The summed E-state index contributed by atoms with van der Waals surface area (Å²) >= 11 is 1.81. The van der Waals surface area contributed by atoms with Crippen LogP contribution in [0.1, 0.15) is 27.2 Å². The highest BCUT2D eigenvalue weighted by Gasteiger charge is 2.25. The Morgan fingerprint density at radius 2 is 2.00 bits per heavy atom. The van der Waals surface area contributed by atoms with Gasteiger partial charge in [-0.2, -0.15) is 16.9 Å². The molecular weight excluding hydrogens is 346 g/mol. The van der Waals surface area contributed by atoms with Crippen LogP contribution in [0.2, 0.25) is 0 Å². The van der Waals surface area contributed by atoms with Crippen molar-refractivity contribution in [2.24, 2.45) is 0 Å². The Labute approximate surface area is 156 Å². The van der Waals surface area contributed by atoms with Crippen molar-refractivity contribution in [2.45, 2.75) is 18.4 Å². The van der Waals surface area contributed by atoms with E-state index in [9.17, 15) is 4.79 Å². The topological polar surface area (TPSA) is 56.1 Å². The number of rotatable bonds is 4. The number of aryl methyl sites for hydroxylation is 1. The molecule has 5 nitrogen and oxygen atoms in total. The third-order valence-corrected chi connectivity index (χ3v) is 5.35. The van der Waals surface area contributed by atoms with Crippen LogP contribution < -0.4 is 10.1 Å². The molecule has 0 saturated carbocycles. The molecule has 1 aromatic heterocycles. The Morgan fingerprint density at radius 3 is 2.73 bits per heavy atom. The van der Waals surface area contributed by atoms with E-state index in [0.29, 0.717) is 5.56 Å². The third-order valence-electron chi connectivity index (χ3n) is 4.38. The molecule has 4 rings (SSSR count). The van der Waals surface area contributed by atoms with Gasteiger partial charge < -0.3 is 10.1 Å². The van der Waals surface area contributed by atoms with E-state index in [1.165, 1.54) is 0 Å². The summed E-state index contributed by atoms with van der Waals surface area (Å²) in [5.74, 6) is 3.14. The number of fused-ring (bicyclic) bond motifs is 1. The zero-order valence-corrected chi connectivity index (χ0v) is 15.5. The molecule has 0 fully saturated rings. The van der Waals surface area contributed by atoms with Gasteiger partial charge in [-0.05, 0) is 43.3 Å². The van der Waals surface area contributed by atoms with Gasteiger partial charge in [0.05, 0.1) is 18.5 Å². The molecule has 0 radical (unpaired) electrons. The Bertz CT molecular complexity index is 964. The Balaban J connectivity index is 1.71. The summed E-state index contributed by atoms with van der Waals surface area (Å²) in [4.78, 5) is 12.8. The molecule has 3 aromatic rings. The second-order valence-corrected chi connectivity index (χ2v) is 7.19. The van der Waals surface area contributed by atoms with Crippen molar-refractivity contribution in [3.05, 3.63) is 70.9 Å². The smallest absolute Gasteiger partial charge is 0.256 e. The van der Waals surface area contributed by atoms with Crippen LogP contribution in [0.15, 0.2) is 48.5 Å². The molecular formula is C20H19N3O2S. The first-order chi connectivity index (χ1) is 12.7. The van der Waals surface area contributed by atoms with Gasteiger partial charge in [0, 0.05) is 22.6 Å². The van der Waals surface area contributed by atoms with Gasteiger partial charge in [-0.1, -0.05) is 17.7 Å². The highest BCUT2D eigenvalue weighted by atomic mass is 32.2. The lowest BCUT2D eigenvalue weighted by Crippen LogP contribution is -2.16. The lowest BCUT2D eigenvalue weighted by molar-refractivity contribution is 0.102. The van der Waals surface area contributed by atoms with Crippen LogP contribution in [0, 0.1) is 6.92 Å². The Hall–Kier alpha value is -2.73. The summed E-state index contributed by atoms with van der Waals surface area (Å²) in [6.45, 7) is 1.98. The summed E-state index contributed by atoms with van der Waals surface area (Å²) < 4.78 is 7.04. The first-order valence-corrected chi connectivity index (χ1v) is 9.52. The Kier molecular flexibility index (Phi) is 4.42. The second-order valence-electron chi connectivity index (χ2n) is 6.20. The van der Waals surface area contributed by atoms with E-state index >= 15 is 0 Å². The van der Waals surface area contributed by atoms with Crippen LogP contribution in [0.3, 0.4) is 0 Å². The van der Waals surface area contributed by atoms with E-state index < -0.39 is 0 Å². The number of carbonyl (C=O) groups is 1. The van der Waals surface area contributed by atoms with E-state index in [0.717, 1.165) is 45.6 Å². The SMILES string of the molecule is COc1ccc(-n2nc3c(c2NC(=O)c2cccc(C)c2)CSC3)cc1. The van der Waals surface area contributed by atoms with Crippen LogP contribution in [0.4, 0.5) is 5.82 Å². The van der Waals surface area contributed by atoms with Gasteiger partial charge in [0.2, 0.25) is 0 Å². The van der Waals surface area contributed by atoms with Gasteiger partial charge in [0.15, 0.2) is 0 Å². The van der Waals surface area contributed by atoms with E-state index in [1.54, 1.807) is 7.11 Å². The minimum Gasteiger partial charge on any atom is -0.497 e. The number of methoxy groups -OCH3 is 1. The number of amides is 1. The number of carbonyl (C=O) groups excluding carboxylic acids is 1. The number of benzene rings is 2. The minimum absolute atomic E-state index is 0.122. The quantitative estimate of drug-likeness (QED) is 0.753. The number of nitrogens with one attached hydrogen (secondary N) is 1. The van der Waals surface area contributed by atoms with E-state index in [2.05, 4.69) is 5.32 Å². The fourth-order valence-electron chi connectivity index (χ4n) is 3.02. The standard InChI is InChI=1S/C20H19N3O2S/c1-13-4-3-5-14(10-13)20(24)21-19-17-11-26-12-18(17)22-23(19)15-6-8-16(25-2)9-7-15/h3-10H,11-12H2,1-2H3,(H,21,24). The van der Waals surface area contributed by atoms with Crippen molar-refractivity contribution in [3.63, 3.8) is 0 Å². The fraction of sp³-hybridized carbons (Fsp3) is 0.200. The molecule has 0 atom stereocenters. The maximum Gasteiger partial charge on any atom is 0.256 e. The van der Waals surface area contributed by atoms with Crippen LogP contribution in [-0.2, 0) is 11.5 Å². The van der Waals surface area contributed by atoms with Crippen molar-refractivity contribution in [2.75, 3.05) is 12.4 Å². The molecule has 6 heteroatoms. The largest absolute Gasteiger partial charge is 0.497 e. The zero-order valence-electron chi connectivity index (χ0n) is 14.7. The minimum atomic E-state index is -0.122. The molecule has 0 spiro atoms. The molecule has 26 heavy (non-hydrogen) atoms. The monoisotopic (exact) mass is 365 g/mol. The van der Waals surface area contributed by atoms with Crippen LogP contribution >= 0.6 is 11.8 Å². The molecule has 1 aliphatic rings. The maximum atomic E-state index is 12.8. The number of nitrogens with zero attached hydrogens (tertiary/aromatic N) is 2. The summed E-state index contributed by atoms with van der Waals surface area (Å²) in [5, 5.41) is 7.80. The fourth-order valence-corrected chi connectivity index (χ4v) is 4.05. The number of thioether (sulfide) groups is 1. The molecule has 1 N–H and O–H groups in total. The van der Waals surface area contributed by atoms with Crippen molar-refractivity contribution in [3.8, 4) is 11.4 Å². The first-order valence-electron chi connectivity index (χ1n) is 8.36.